The van der Waals surface area contributed by atoms with Gasteiger partial charge in [-0.1, -0.05) is 19.0 Å². The maximum atomic E-state index is 13.0. The Morgan fingerprint density at radius 2 is 2.00 bits per heavy atom. The summed E-state index contributed by atoms with van der Waals surface area (Å²) in [4.78, 5) is 16.7. The summed E-state index contributed by atoms with van der Waals surface area (Å²) in [6, 6.07) is -0.561. The Morgan fingerprint density at radius 3 is 2.41 bits per heavy atom. The van der Waals surface area contributed by atoms with Crippen LogP contribution in [0.3, 0.4) is 0 Å². The maximum Gasteiger partial charge on any atom is 0.393 e. The zero-order chi connectivity index (χ0) is 16.7. The van der Waals surface area contributed by atoms with Crippen molar-refractivity contribution >= 4 is 5.97 Å². The molecule has 0 aromatic carbocycles. The van der Waals surface area contributed by atoms with Crippen LogP contribution in [0.5, 0.6) is 0 Å². The molecule has 1 aliphatic rings. The molecule has 1 aromatic rings. The van der Waals surface area contributed by atoms with E-state index in [0.717, 1.165) is 0 Å². The Labute approximate surface area is 125 Å². The Kier molecular flexibility index (Phi) is 4.46. The monoisotopic (exact) mass is 321 g/mol. The third-order valence-electron chi connectivity index (χ3n) is 3.96. The van der Waals surface area contributed by atoms with E-state index in [0.29, 0.717) is 5.82 Å². The van der Waals surface area contributed by atoms with Crippen LogP contribution in [0.1, 0.15) is 44.4 Å². The second-order valence-electron chi connectivity index (χ2n) is 5.87. The minimum absolute atomic E-state index is 0.0398. The minimum Gasteiger partial charge on any atom is -0.481 e. The summed E-state index contributed by atoms with van der Waals surface area (Å²) < 4.78 is 44.0. The first-order valence-corrected chi connectivity index (χ1v) is 6.98. The fourth-order valence-electron chi connectivity index (χ4n) is 2.54. The third kappa shape index (κ3) is 3.23. The van der Waals surface area contributed by atoms with E-state index in [-0.39, 0.29) is 24.9 Å². The predicted molar refractivity (Wildman–Crippen MR) is 69.0 cm³/mol. The highest BCUT2D eigenvalue weighted by molar-refractivity contribution is 5.71. The highest BCUT2D eigenvalue weighted by Gasteiger charge is 2.53. The summed E-state index contributed by atoms with van der Waals surface area (Å²) in [6.07, 6.45) is -4.55. The molecule has 0 amide bonds. The Balaban J connectivity index is 2.17. The molecular formula is C13H18F3N3O3. The molecule has 2 rings (SSSR count). The van der Waals surface area contributed by atoms with E-state index in [4.69, 9.17) is 9.63 Å². The first-order valence-electron chi connectivity index (χ1n) is 6.98. The fraction of sp³-hybridized carbons (Fsp3) is 0.769. The van der Waals surface area contributed by atoms with Gasteiger partial charge < -0.3 is 9.63 Å². The molecule has 0 spiro atoms. The Bertz CT molecular complexity index is 544. The number of carboxylic acid groups (broad SMARTS) is 1. The lowest BCUT2D eigenvalue weighted by Crippen LogP contribution is -2.33. The van der Waals surface area contributed by atoms with Crippen molar-refractivity contribution in [3.8, 4) is 0 Å². The van der Waals surface area contributed by atoms with E-state index in [1.807, 2.05) is 13.8 Å². The zero-order valence-corrected chi connectivity index (χ0v) is 12.5. The van der Waals surface area contributed by atoms with Crippen molar-refractivity contribution in [1.29, 1.82) is 0 Å². The van der Waals surface area contributed by atoms with E-state index < -0.39 is 30.0 Å². The Morgan fingerprint density at radius 1 is 1.36 bits per heavy atom. The van der Waals surface area contributed by atoms with Gasteiger partial charge in [0.1, 0.15) is 0 Å². The van der Waals surface area contributed by atoms with Gasteiger partial charge in [-0.2, -0.15) is 18.2 Å². The van der Waals surface area contributed by atoms with Crippen LogP contribution in [0.4, 0.5) is 13.2 Å². The van der Waals surface area contributed by atoms with Crippen molar-refractivity contribution in [3.63, 3.8) is 0 Å². The van der Waals surface area contributed by atoms with E-state index in [9.17, 15) is 18.0 Å². The number of hydrogen-bond acceptors (Lipinski definition) is 5. The van der Waals surface area contributed by atoms with Crippen LogP contribution in [-0.2, 0) is 4.79 Å². The number of alkyl halides is 3. The molecule has 1 unspecified atom stereocenters. The number of halogens is 3. The summed E-state index contributed by atoms with van der Waals surface area (Å²) >= 11 is 0. The number of aliphatic carboxylic acids is 1. The largest absolute Gasteiger partial charge is 0.481 e. The summed E-state index contributed by atoms with van der Waals surface area (Å²) in [5.41, 5.74) is 0. The third-order valence-corrected chi connectivity index (χ3v) is 3.96. The molecule has 6 nitrogen and oxygen atoms in total. The maximum absolute atomic E-state index is 13.0. The van der Waals surface area contributed by atoms with Gasteiger partial charge in [0, 0.05) is 19.0 Å². The topological polar surface area (TPSA) is 79.5 Å². The van der Waals surface area contributed by atoms with Crippen LogP contribution < -0.4 is 0 Å². The number of aromatic nitrogens is 2. The normalized spacial score (nSPS) is 24.9. The summed E-state index contributed by atoms with van der Waals surface area (Å²) in [5, 5.41) is 12.8. The van der Waals surface area contributed by atoms with Gasteiger partial charge in [-0.15, -0.1) is 0 Å². The average Bonchev–Trinajstić information content (AvgIpc) is 3.04. The molecule has 0 radical (unpaired) electrons. The SMILES string of the molecule is CC(C)c1noc(C(C)N2C[C@@H](C(F)(F)F)[C@H](C(=O)O)C2)n1. The number of nitrogens with zero attached hydrogens (tertiary/aromatic N) is 3. The molecule has 3 atom stereocenters. The van der Waals surface area contributed by atoms with E-state index in [1.165, 1.54) is 4.90 Å². The minimum atomic E-state index is -4.55. The second kappa shape index (κ2) is 5.86. The van der Waals surface area contributed by atoms with Crippen LogP contribution in [0.2, 0.25) is 0 Å². The number of carbonyl (C=O) groups is 1. The Hall–Kier alpha value is -1.64. The quantitative estimate of drug-likeness (QED) is 0.917. The standard InChI is InChI=1S/C13H18F3N3O3/c1-6(2)10-17-11(22-18-10)7(3)19-4-8(12(20)21)9(5-19)13(14,15)16/h6-9H,4-5H2,1-3H3,(H,20,21)/t7?,8-,9-/m1/s1. The molecule has 1 aromatic heterocycles. The van der Waals surface area contributed by atoms with Gasteiger partial charge in [0.2, 0.25) is 5.89 Å². The van der Waals surface area contributed by atoms with Crippen molar-refractivity contribution in [1.82, 2.24) is 15.0 Å². The molecule has 1 N–H and O–H groups in total. The number of hydrogen-bond donors (Lipinski definition) is 1. The van der Waals surface area contributed by atoms with Crippen LogP contribution in [-0.4, -0.2) is 45.4 Å². The van der Waals surface area contributed by atoms with Gasteiger partial charge in [0.05, 0.1) is 17.9 Å². The summed E-state index contributed by atoms with van der Waals surface area (Å²) in [6.45, 7) is 4.79. The van der Waals surface area contributed by atoms with Crippen LogP contribution in [0.15, 0.2) is 4.52 Å². The molecule has 9 heteroatoms. The van der Waals surface area contributed by atoms with Crippen molar-refractivity contribution < 1.29 is 27.6 Å². The van der Waals surface area contributed by atoms with Gasteiger partial charge in [-0.25, -0.2) is 0 Å². The van der Waals surface area contributed by atoms with E-state index in [1.54, 1.807) is 6.92 Å². The molecule has 1 aliphatic heterocycles. The predicted octanol–water partition coefficient (Wildman–Crippen LogP) is 2.45. The first kappa shape index (κ1) is 16.7. The molecule has 1 saturated heterocycles. The van der Waals surface area contributed by atoms with Gasteiger partial charge >= 0.3 is 12.1 Å². The zero-order valence-electron chi connectivity index (χ0n) is 12.5. The fourth-order valence-corrected chi connectivity index (χ4v) is 2.54. The molecule has 124 valence electrons. The smallest absolute Gasteiger partial charge is 0.393 e. The van der Waals surface area contributed by atoms with Gasteiger partial charge in [-0.3, -0.25) is 9.69 Å². The van der Waals surface area contributed by atoms with Crippen LogP contribution >= 0.6 is 0 Å². The number of likely N-dealkylation sites (tertiary alicyclic amines) is 1. The average molecular weight is 321 g/mol. The molecular weight excluding hydrogens is 303 g/mol. The van der Waals surface area contributed by atoms with Crippen molar-refractivity contribution in [2.45, 2.75) is 38.9 Å². The summed E-state index contributed by atoms with van der Waals surface area (Å²) in [7, 11) is 0. The van der Waals surface area contributed by atoms with E-state index >= 15 is 0 Å². The highest BCUT2D eigenvalue weighted by atomic mass is 19.4. The van der Waals surface area contributed by atoms with Crippen molar-refractivity contribution in [2.24, 2.45) is 11.8 Å². The molecule has 1 fully saturated rings. The first-order chi connectivity index (χ1) is 10.1. The molecule has 0 bridgehead atoms. The lowest BCUT2D eigenvalue weighted by molar-refractivity contribution is -0.188. The van der Waals surface area contributed by atoms with Crippen molar-refractivity contribution in [3.05, 3.63) is 11.7 Å². The lowest BCUT2D eigenvalue weighted by atomic mass is 9.96. The molecule has 2 heterocycles. The highest BCUT2D eigenvalue weighted by Crippen LogP contribution is 2.40. The van der Waals surface area contributed by atoms with Crippen LogP contribution in [0.25, 0.3) is 0 Å². The number of rotatable bonds is 4. The van der Waals surface area contributed by atoms with E-state index in [2.05, 4.69) is 10.1 Å². The van der Waals surface area contributed by atoms with Gasteiger partial charge in [0.15, 0.2) is 5.82 Å². The molecule has 22 heavy (non-hydrogen) atoms. The van der Waals surface area contributed by atoms with Gasteiger partial charge in [-0.05, 0) is 6.92 Å². The van der Waals surface area contributed by atoms with Gasteiger partial charge in [0.25, 0.3) is 0 Å². The van der Waals surface area contributed by atoms with Crippen molar-refractivity contribution in [2.75, 3.05) is 13.1 Å². The molecule has 0 aliphatic carbocycles. The summed E-state index contributed by atoms with van der Waals surface area (Å²) in [5.74, 6) is -4.09. The second-order valence-corrected chi connectivity index (χ2v) is 5.87. The number of carboxylic acids is 1. The lowest BCUT2D eigenvalue weighted by Gasteiger charge is -2.21. The van der Waals surface area contributed by atoms with Crippen LogP contribution in [0, 0.1) is 11.8 Å². The molecule has 0 saturated carbocycles.